The van der Waals surface area contributed by atoms with E-state index < -0.39 is 0 Å². The van der Waals surface area contributed by atoms with Crippen LogP contribution in [0.4, 0.5) is 11.5 Å². The summed E-state index contributed by atoms with van der Waals surface area (Å²) in [6.07, 6.45) is 4.29. The van der Waals surface area contributed by atoms with E-state index in [-0.39, 0.29) is 0 Å². The van der Waals surface area contributed by atoms with Crippen LogP contribution in [0, 0.1) is 5.92 Å². The van der Waals surface area contributed by atoms with E-state index in [0.717, 1.165) is 18.9 Å². The summed E-state index contributed by atoms with van der Waals surface area (Å²) in [5.74, 6) is 1.31. The lowest BCUT2D eigenvalue weighted by molar-refractivity contribution is 0.294. The van der Waals surface area contributed by atoms with Crippen molar-refractivity contribution in [2.75, 3.05) is 37.2 Å². The Morgan fingerprint density at radius 1 is 1.50 bits per heavy atom. The van der Waals surface area contributed by atoms with Crippen molar-refractivity contribution >= 4 is 23.1 Å². The number of nitrogens with zero attached hydrogens (tertiary/aromatic N) is 2. The summed E-state index contributed by atoms with van der Waals surface area (Å²) < 4.78 is 0. The molecule has 18 heavy (non-hydrogen) atoms. The summed E-state index contributed by atoms with van der Waals surface area (Å²) in [5, 5.41) is 3.86. The summed E-state index contributed by atoms with van der Waals surface area (Å²) in [4.78, 5) is 6.72. The highest BCUT2D eigenvalue weighted by Crippen LogP contribution is 2.19. The van der Waals surface area contributed by atoms with Gasteiger partial charge in [-0.15, -0.1) is 0 Å². The van der Waals surface area contributed by atoms with Crippen molar-refractivity contribution in [1.82, 2.24) is 9.88 Å². The number of pyridine rings is 1. The fraction of sp³-hybridized carbons (Fsp3) is 0.615. The van der Waals surface area contributed by atoms with Gasteiger partial charge in [-0.1, -0.05) is 18.5 Å². The van der Waals surface area contributed by atoms with Crippen molar-refractivity contribution < 1.29 is 0 Å². The Morgan fingerprint density at radius 2 is 2.22 bits per heavy atom. The van der Waals surface area contributed by atoms with Crippen LogP contribution in [0.15, 0.2) is 12.3 Å². The number of nitrogen functional groups attached to an aromatic ring is 1. The molecule has 2 rings (SSSR count). The molecule has 0 aromatic carbocycles. The monoisotopic (exact) mass is 268 g/mol. The van der Waals surface area contributed by atoms with Gasteiger partial charge in [0, 0.05) is 19.3 Å². The summed E-state index contributed by atoms with van der Waals surface area (Å²) >= 11 is 5.82. The molecule has 0 radical (unpaired) electrons. The third kappa shape index (κ3) is 3.75. The summed E-state index contributed by atoms with van der Waals surface area (Å²) in [6, 6.07) is 1.72. The van der Waals surface area contributed by atoms with Crippen molar-refractivity contribution in [3.05, 3.63) is 17.3 Å². The number of aromatic nitrogens is 1. The van der Waals surface area contributed by atoms with Crippen molar-refractivity contribution in [2.45, 2.75) is 19.8 Å². The van der Waals surface area contributed by atoms with E-state index in [2.05, 4.69) is 22.1 Å². The lowest BCUT2D eigenvalue weighted by atomic mass is 10.1. The molecule has 1 aliphatic rings. The largest absolute Gasteiger partial charge is 0.396 e. The van der Waals surface area contributed by atoms with Gasteiger partial charge in [0.15, 0.2) is 0 Å². The molecule has 1 atom stereocenters. The molecule has 0 aliphatic carbocycles. The van der Waals surface area contributed by atoms with Gasteiger partial charge < -0.3 is 16.0 Å². The number of nitrogens with two attached hydrogens (primary N) is 1. The molecular formula is C13H21ClN4. The zero-order valence-electron chi connectivity index (χ0n) is 10.8. The van der Waals surface area contributed by atoms with Crippen LogP contribution in [0.2, 0.25) is 5.02 Å². The van der Waals surface area contributed by atoms with Gasteiger partial charge in [0.25, 0.3) is 0 Å². The predicted octanol–water partition coefficient (Wildman–Crippen LogP) is 2.46. The van der Waals surface area contributed by atoms with Gasteiger partial charge in [-0.25, -0.2) is 4.98 Å². The molecule has 0 bridgehead atoms. The topological polar surface area (TPSA) is 54.2 Å². The van der Waals surface area contributed by atoms with Crippen LogP contribution in [0.25, 0.3) is 0 Å². The molecule has 4 nitrogen and oxygen atoms in total. The van der Waals surface area contributed by atoms with Crippen molar-refractivity contribution in [1.29, 1.82) is 0 Å². The van der Waals surface area contributed by atoms with Gasteiger partial charge in [-0.2, -0.15) is 0 Å². The lowest BCUT2D eigenvalue weighted by Gasteiger charge is -2.20. The fourth-order valence-electron chi connectivity index (χ4n) is 2.34. The first-order valence-electron chi connectivity index (χ1n) is 6.52. The van der Waals surface area contributed by atoms with E-state index in [4.69, 9.17) is 17.3 Å². The van der Waals surface area contributed by atoms with Gasteiger partial charge in [-0.05, 0) is 37.9 Å². The van der Waals surface area contributed by atoms with Gasteiger partial charge >= 0.3 is 0 Å². The molecular weight excluding hydrogens is 248 g/mol. The Bertz CT molecular complexity index is 391. The maximum absolute atomic E-state index is 5.85. The molecule has 5 heteroatoms. The van der Waals surface area contributed by atoms with E-state index in [0.29, 0.717) is 16.6 Å². The van der Waals surface area contributed by atoms with E-state index in [1.807, 2.05) is 0 Å². The van der Waals surface area contributed by atoms with Crippen molar-refractivity contribution in [2.24, 2.45) is 5.92 Å². The molecule has 0 amide bonds. The number of halogens is 1. The Balaban J connectivity index is 1.79. The molecule has 0 saturated carbocycles. The second kappa shape index (κ2) is 6.25. The highest BCUT2D eigenvalue weighted by Gasteiger charge is 2.14. The second-order valence-electron chi connectivity index (χ2n) is 5.09. The average Bonchev–Trinajstić information content (AvgIpc) is 2.80. The molecule has 1 fully saturated rings. The van der Waals surface area contributed by atoms with E-state index in [9.17, 15) is 0 Å². The van der Waals surface area contributed by atoms with Gasteiger partial charge in [0.1, 0.15) is 5.82 Å². The first-order valence-corrected chi connectivity index (χ1v) is 6.90. The molecule has 2 heterocycles. The maximum Gasteiger partial charge on any atom is 0.149 e. The molecule has 1 aliphatic heterocycles. The van der Waals surface area contributed by atoms with Crippen LogP contribution in [0.1, 0.15) is 19.8 Å². The van der Waals surface area contributed by atoms with Gasteiger partial charge in [0.05, 0.1) is 10.7 Å². The minimum Gasteiger partial charge on any atom is -0.396 e. The Morgan fingerprint density at radius 3 is 2.89 bits per heavy atom. The first-order chi connectivity index (χ1) is 8.65. The predicted molar refractivity (Wildman–Crippen MR) is 77.0 cm³/mol. The lowest BCUT2D eigenvalue weighted by Crippen LogP contribution is -2.29. The zero-order valence-corrected chi connectivity index (χ0v) is 11.6. The third-order valence-corrected chi connectivity index (χ3v) is 3.48. The summed E-state index contributed by atoms with van der Waals surface area (Å²) in [6.45, 7) is 6.75. The maximum atomic E-state index is 5.85. The number of hydrogen-bond acceptors (Lipinski definition) is 4. The second-order valence-corrected chi connectivity index (χ2v) is 5.52. The fourth-order valence-corrected chi connectivity index (χ4v) is 2.51. The number of hydrogen-bond donors (Lipinski definition) is 2. The smallest absolute Gasteiger partial charge is 0.149 e. The Labute approximate surface area is 114 Å². The highest BCUT2D eigenvalue weighted by atomic mass is 35.5. The molecule has 3 N–H and O–H groups in total. The third-order valence-electron chi connectivity index (χ3n) is 3.27. The van der Waals surface area contributed by atoms with Crippen LogP contribution in [-0.4, -0.2) is 36.1 Å². The van der Waals surface area contributed by atoms with Gasteiger partial charge in [0.2, 0.25) is 0 Å². The van der Waals surface area contributed by atoms with Crippen LogP contribution < -0.4 is 11.1 Å². The quantitative estimate of drug-likeness (QED) is 0.861. The van der Waals surface area contributed by atoms with Crippen LogP contribution in [0.3, 0.4) is 0 Å². The van der Waals surface area contributed by atoms with E-state index in [1.54, 1.807) is 12.3 Å². The summed E-state index contributed by atoms with van der Waals surface area (Å²) in [7, 11) is 0. The molecule has 100 valence electrons. The number of rotatable bonds is 5. The van der Waals surface area contributed by atoms with Gasteiger partial charge in [-0.3, -0.25) is 0 Å². The average molecular weight is 269 g/mol. The first kappa shape index (κ1) is 13.4. The van der Waals surface area contributed by atoms with Crippen molar-refractivity contribution in [3.8, 4) is 0 Å². The number of anilines is 2. The normalized spacial score (nSPS) is 17.9. The molecule has 1 aromatic rings. The SMILES string of the molecule is CC(CNc1ncc(Cl)cc1N)CN1CCCC1. The van der Waals surface area contributed by atoms with Crippen molar-refractivity contribution in [3.63, 3.8) is 0 Å². The van der Waals surface area contributed by atoms with E-state index >= 15 is 0 Å². The Hall–Kier alpha value is -1.00. The zero-order chi connectivity index (χ0) is 13.0. The minimum atomic E-state index is 0.572. The minimum absolute atomic E-state index is 0.572. The number of likely N-dealkylation sites (tertiary alicyclic amines) is 1. The molecule has 1 aromatic heterocycles. The molecule has 1 unspecified atom stereocenters. The Kier molecular flexibility index (Phi) is 4.66. The van der Waals surface area contributed by atoms with E-state index in [1.165, 1.54) is 25.9 Å². The van der Waals surface area contributed by atoms with Crippen LogP contribution in [-0.2, 0) is 0 Å². The molecule has 1 saturated heterocycles. The number of nitrogens with one attached hydrogen (secondary N) is 1. The summed E-state index contributed by atoms with van der Waals surface area (Å²) in [5.41, 5.74) is 6.46. The van der Waals surface area contributed by atoms with Crippen LogP contribution >= 0.6 is 11.6 Å². The standard InChI is InChI=1S/C13H21ClN4/c1-10(9-18-4-2-3-5-18)7-16-13-12(15)6-11(14)8-17-13/h6,8,10H,2-5,7,9,15H2,1H3,(H,16,17). The highest BCUT2D eigenvalue weighted by molar-refractivity contribution is 6.30. The van der Waals surface area contributed by atoms with Crippen LogP contribution in [0.5, 0.6) is 0 Å². The molecule has 0 spiro atoms.